The Labute approximate surface area is 113 Å². The molecule has 0 radical (unpaired) electrons. The molecule has 2 atom stereocenters. The number of hydrogen-bond acceptors (Lipinski definition) is 2. The summed E-state index contributed by atoms with van der Waals surface area (Å²) in [6.45, 7) is 7.60. The summed E-state index contributed by atoms with van der Waals surface area (Å²) in [7, 11) is 0. The zero-order chi connectivity index (χ0) is 14.7. The molecular weight excluding hydrogens is 243 g/mol. The van der Waals surface area contributed by atoms with E-state index in [-0.39, 0.29) is 17.0 Å². The van der Waals surface area contributed by atoms with Crippen LogP contribution in [0.5, 0.6) is 0 Å². The molecule has 1 rings (SSSR count). The molecule has 2 unspecified atom stereocenters. The fourth-order valence-electron chi connectivity index (χ4n) is 1.43. The van der Waals surface area contributed by atoms with E-state index in [4.69, 9.17) is 5.26 Å². The van der Waals surface area contributed by atoms with Crippen molar-refractivity contribution in [1.82, 2.24) is 5.32 Å². The van der Waals surface area contributed by atoms with E-state index in [0.29, 0.717) is 0 Å². The number of carbonyl (C=O) groups is 1. The molecule has 0 aromatic heterocycles. The topological polar surface area (TPSA) is 52.9 Å². The third-order valence-electron chi connectivity index (χ3n) is 3.29. The number of amides is 1. The Morgan fingerprint density at radius 3 is 2.26 bits per heavy atom. The summed E-state index contributed by atoms with van der Waals surface area (Å²) < 4.78 is 14.6. The smallest absolute Gasteiger partial charge is 0.298 e. The molecule has 0 aliphatic rings. The van der Waals surface area contributed by atoms with Crippen molar-refractivity contribution < 1.29 is 9.18 Å². The summed E-state index contributed by atoms with van der Waals surface area (Å²) in [5, 5.41) is 11.6. The SMILES string of the molecule is CC(NC(=O)C(F)(C#N)c1ccccc1)C(C)(C)C. The van der Waals surface area contributed by atoms with Crippen LogP contribution in [0.2, 0.25) is 0 Å². The van der Waals surface area contributed by atoms with Crippen LogP contribution in [0.25, 0.3) is 0 Å². The number of nitrogens with one attached hydrogen (secondary N) is 1. The van der Waals surface area contributed by atoms with Gasteiger partial charge in [-0.15, -0.1) is 0 Å². The third-order valence-corrected chi connectivity index (χ3v) is 3.29. The predicted molar refractivity (Wildman–Crippen MR) is 71.9 cm³/mol. The molecule has 4 heteroatoms. The summed E-state index contributed by atoms with van der Waals surface area (Å²) in [6, 6.07) is 9.00. The molecule has 19 heavy (non-hydrogen) atoms. The Kier molecular flexibility index (Phi) is 4.31. The highest BCUT2D eigenvalue weighted by molar-refractivity contribution is 5.89. The minimum Gasteiger partial charge on any atom is -0.349 e. The van der Waals surface area contributed by atoms with Crippen LogP contribution in [0.4, 0.5) is 4.39 Å². The van der Waals surface area contributed by atoms with Gasteiger partial charge < -0.3 is 5.32 Å². The average Bonchev–Trinajstić information content (AvgIpc) is 2.37. The van der Waals surface area contributed by atoms with E-state index in [0.717, 1.165) is 0 Å². The van der Waals surface area contributed by atoms with E-state index in [9.17, 15) is 9.18 Å². The first-order valence-corrected chi connectivity index (χ1v) is 6.18. The minimum absolute atomic E-state index is 0.0520. The molecule has 0 aliphatic carbocycles. The van der Waals surface area contributed by atoms with E-state index in [1.165, 1.54) is 18.2 Å². The highest BCUT2D eigenvalue weighted by Gasteiger charge is 2.42. The third kappa shape index (κ3) is 3.31. The molecular formula is C15H19FN2O. The lowest BCUT2D eigenvalue weighted by Gasteiger charge is -2.30. The molecule has 1 N–H and O–H groups in total. The quantitative estimate of drug-likeness (QED) is 0.910. The minimum atomic E-state index is -2.65. The molecule has 0 saturated carbocycles. The molecule has 0 spiro atoms. The second kappa shape index (κ2) is 5.40. The van der Waals surface area contributed by atoms with Crippen LogP contribution in [-0.2, 0) is 10.5 Å². The van der Waals surface area contributed by atoms with Gasteiger partial charge in [-0.1, -0.05) is 51.1 Å². The molecule has 1 aromatic rings. The molecule has 0 aliphatic heterocycles. The number of benzene rings is 1. The first-order chi connectivity index (χ1) is 8.71. The molecule has 1 aromatic carbocycles. The first-order valence-electron chi connectivity index (χ1n) is 6.18. The van der Waals surface area contributed by atoms with Crippen molar-refractivity contribution in [3.8, 4) is 6.07 Å². The van der Waals surface area contributed by atoms with Crippen LogP contribution in [-0.4, -0.2) is 11.9 Å². The molecule has 3 nitrogen and oxygen atoms in total. The fraction of sp³-hybridized carbons (Fsp3) is 0.467. The van der Waals surface area contributed by atoms with E-state index >= 15 is 0 Å². The largest absolute Gasteiger partial charge is 0.349 e. The lowest BCUT2D eigenvalue weighted by Crippen LogP contribution is -2.48. The van der Waals surface area contributed by atoms with Crippen molar-refractivity contribution >= 4 is 5.91 Å². The van der Waals surface area contributed by atoms with Crippen molar-refractivity contribution in [2.75, 3.05) is 0 Å². The molecule has 0 bridgehead atoms. The van der Waals surface area contributed by atoms with Gasteiger partial charge in [0.1, 0.15) is 6.07 Å². The molecule has 0 saturated heterocycles. The zero-order valence-electron chi connectivity index (χ0n) is 11.7. The van der Waals surface area contributed by atoms with Gasteiger partial charge in [0.15, 0.2) is 0 Å². The number of nitriles is 1. The van der Waals surface area contributed by atoms with Crippen LogP contribution in [0.3, 0.4) is 0 Å². The Morgan fingerprint density at radius 2 is 1.84 bits per heavy atom. The van der Waals surface area contributed by atoms with Gasteiger partial charge in [0.05, 0.1) is 0 Å². The Hall–Kier alpha value is -1.89. The van der Waals surface area contributed by atoms with Crippen LogP contribution < -0.4 is 5.32 Å². The predicted octanol–water partition coefficient (Wildman–Crippen LogP) is 2.93. The van der Waals surface area contributed by atoms with Gasteiger partial charge in [0, 0.05) is 11.6 Å². The van der Waals surface area contributed by atoms with E-state index in [1.54, 1.807) is 25.1 Å². The number of nitrogens with zero attached hydrogens (tertiary/aromatic N) is 1. The number of halogens is 1. The van der Waals surface area contributed by atoms with Crippen molar-refractivity contribution in [2.45, 2.75) is 39.4 Å². The second-order valence-electron chi connectivity index (χ2n) is 5.70. The van der Waals surface area contributed by atoms with Gasteiger partial charge in [-0.05, 0) is 12.3 Å². The van der Waals surface area contributed by atoms with E-state index < -0.39 is 11.6 Å². The van der Waals surface area contributed by atoms with Crippen LogP contribution in [0.15, 0.2) is 30.3 Å². The van der Waals surface area contributed by atoms with Gasteiger partial charge in [-0.2, -0.15) is 5.26 Å². The Balaban J connectivity index is 2.99. The van der Waals surface area contributed by atoms with Gasteiger partial charge in [-0.3, -0.25) is 4.79 Å². The fourth-order valence-corrected chi connectivity index (χ4v) is 1.43. The van der Waals surface area contributed by atoms with Gasteiger partial charge in [0.25, 0.3) is 11.6 Å². The molecule has 1 amide bonds. The zero-order valence-corrected chi connectivity index (χ0v) is 11.7. The summed E-state index contributed by atoms with van der Waals surface area (Å²) in [5.41, 5.74) is -2.81. The van der Waals surface area contributed by atoms with Crippen LogP contribution >= 0.6 is 0 Å². The second-order valence-corrected chi connectivity index (χ2v) is 5.70. The number of alkyl halides is 1. The highest BCUT2D eigenvalue weighted by Crippen LogP contribution is 2.27. The summed E-state index contributed by atoms with van der Waals surface area (Å²) in [6.07, 6.45) is 0. The van der Waals surface area contributed by atoms with E-state index in [2.05, 4.69) is 5.32 Å². The van der Waals surface area contributed by atoms with Crippen LogP contribution in [0.1, 0.15) is 33.3 Å². The maximum atomic E-state index is 14.6. The maximum absolute atomic E-state index is 14.6. The summed E-state index contributed by atoms with van der Waals surface area (Å²) >= 11 is 0. The number of carbonyl (C=O) groups excluding carboxylic acids is 1. The Bertz CT molecular complexity index is 487. The lowest BCUT2D eigenvalue weighted by molar-refractivity contribution is -0.131. The van der Waals surface area contributed by atoms with Crippen molar-refractivity contribution in [3.63, 3.8) is 0 Å². The normalized spacial score (nSPS) is 16.0. The lowest BCUT2D eigenvalue weighted by atomic mass is 9.87. The van der Waals surface area contributed by atoms with Gasteiger partial charge >= 0.3 is 0 Å². The number of rotatable bonds is 3. The number of hydrogen-bond donors (Lipinski definition) is 1. The van der Waals surface area contributed by atoms with E-state index in [1.807, 2.05) is 20.8 Å². The van der Waals surface area contributed by atoms with Crippen molar-refractivity contribution in [2.24, 2.45) is 5.41 Å². The average molecular weight is 262 g/mol. The van der Waals surface area contributed by atoms with Gasteiger partial charge in [-0.25, -0.2) is 4.39 Å². The summed E-state index contributed by atoms with van der Waals surface area (Å²) in [4.78, 5) is 12.0. The molecule has 0 heterocycles. The van der Waals surface area contributed by atoms with Crippen LogP contribution in [0, 0.1) is 16.7 Å². The monoisotopic (exact) mass is 262 g/mol. The van der Waals surface area contributed by atoms with Crippen molar-refractivity contribution in [1.29, 1.82) is 5.26 Å². The highest BCUT2D eigenvalue weighted by atomic mass is 19.1. The van der Waals surface area contributed by atoms with Gasteiger partial charge in [0.2, 0.25) is 0 Å². The van der Waals surface area contributed by atoms with Crippen molar-refractivity contribution in [3.05, 3.63) is 35.9 Å². The maximum Gasteiger partial charge on any atom is 0.298 e. The Morgan fingerprint density at radius 1 is 1.32 bits per heavy atom. The molecule has 102 valence electrons. The molecule has 0 fully saturated rings. The first kappa shape index (κ1) is 15.2. The standard InChI is InChI=1S/C15H19FN2O/c1-11(14(2,3)4)18-13(19)15(16,10-17)12-8-6-5-7-9-12/h5-9,11H,1-4H3,(H,18,19). The summed E-state index contributed by atoms with van der Waals surface area (Å²) in [5.74, 6) is -0.913.